The number of aromatic amines is 1. The number of methoxy groups -OCH3 is 2. The Kier molecular flexibility index (Phi) is 6.64. The highest BCUT2D eigenvalue weighted by Crippen LogP contribution is 2.29. The molecule has 0 saturated carbocycles. The normalized spacial score (nSPS) is 15.3. The smallest absolute Gasteiger partial charge is 0.257 e. The number of hydrogen-bond donors (Lipinski definition) is 1. The van der Waals surface area contributed by atoms with E-state index < -0.39 is 11.9 Å². The summed E-state index contributed by atoms with van der Waals surface area (Å²) in [6.45, 7) is 0.262. The minimum absolute atomic E-state index is 0.0888. The van der Waals surface area contributed by atoms with Gasteiger partial charge in [-0.05, 0) is 60.5 Å². The molecule has 1 fully saturated rings. The zero-order valence-corrected chi connectivity index (χ0v) is 20.6. The van der Waals surface area contributed by atoms with Crippen molar-refractivity contribution in [3.8, 4) is 11.5 Å². The molecule has 188 valence electrons. The van der Waals surface area contributed by atoms with Gasteiger partial charge in [0.1, 0.15) is 17.5 Å². The summed E-state index contributed by atoms with van der Waals surface area (Å²) in [6, 6.07) is 20.5. The molecule has 0 spiro atoms. The second kappa shape index (κ2) is 10.2. The van der Waals surface area contributed by atoms with E-state index in [9.17, 15) is 14.4 Å². The van der Waals surface area contributed by atoms with Gasteiger partial charge in [-0.1, -0.05) is 24.3 Å². The molecule has 0 radical (unpaired) electrons. The molecule has 1 saturated heterocycles. The number of amides is 3. The van der Waals surface area contributed by atoms with Crippen LogP contribution in [0, 0.1) is 0 Å². The van der Waals surface area contributed by atoms with Gasteiger partial charge in [0.25, 0.3) is 11.8 Å². The number of nitrogens with one attached hydrogen (secondary N) is 1. The Morgan fingerprint density at radius 3 is 2.49 bits per heavy atom. The van der Waals surface area contributed by atoms with Crippen LogP contribution in [0.1, 0.15) is 22.3 Å². The van der Waals surface area contributed by atoms with Crippen molar-refractivity contribution in [2.24, 2.45) is 0 Å². The molecule has 0 aliphatic carbocycles. The number of rotatable bonds is 8. The molecule has 2 heterocycles. The predicted octanol–water partition coefficient (Wildman–Crippen LogP) is 4.20. The van der Waals surface area contributed by atoms with Crippen LogP contribution in [0.2, 0.25) is 0 Å². The van der Waals surface area contributed by atoms with Crippen molar-refractivity contribution < 1.29 is 23.9 Å². The van der Waals surface area contributed by atoms with E-state index in [4.69, 9.17) is 9.47 Å². The summed E-state index contributed by atoms with van der Waals surface area (Å²) in [5.41, 5.74) is 2.87. The summed E-state index contributed by atoms with van der Waals surface area (Å²) in [4.78, 5) is 46.3. The van der Waals surface area contributed by atoms with E-state index in [0.717, 1.165) is 21.4 Å². The molecule has 8 heteroatoms. The lowest BCUT2D eigenvalue weighted by molar-refractivity contribution is -0.122. The van der Waals surface area contributed by atoms with E-state index in [-0.39, 0.29) is 24.8 Å². The third kappa shape index (κ3) is 4.65. The number of ether oxygens (including phenoxy) is 2. The SMILES string of the molecule is COc1ccc(N2C(=O)CC(N(CCc3c[nH]c4ccccc34)C(=O)c3cccc(OC)c3)C2=O)cc1. The van der Waals surface area contributed by atoms with Crippen molar-refractivity contribution in [3.63, 3.8) is 0 Å². The van der Waals surface area contributed by atoms with E-state index in [1.807, 2.05) is 30.5 Å². The van der Waals surface area contributed by atoms with Crippen molar-refractivity contribution in [2.75, 3.05) is 25.7 Å². The van der Waals surface area contributed by atoms with E-state index in [1.54, 1.807) is 55.6 Å². The summed E-state index contributed by atoms with van der Waals surface area (Å²) in [6.07, 6.45) is 2.35. The topological polar surface area (TPSA) is 91.9 Å². The minimum Gasteiger partial charge on any atom is -0.497 e. The first kappa shape index (κ1) is 24.1. The van der Waals surface area contributed by atoms with Crippen LogP contribution in [0.4, 0.5) is 5.69 Å². The molecule has 5 rings (SSSR count). The average molecular weight is 498 g/mol. The zero-order valence-electron chi connectivity index (χ0n) is 20.6. The summed E-state index contributed by atoms with van der Waals surface area (Å²) in [5.74, 6) is 0.0478. The molecule has 1 aliphatic heterocycles. The highest BCUT2D eigenvalue weighted by Gasteiger charge is 2.44. The Morgan fingerprint density at radius 2 is 1.73 bits per heavy atom. The standard InChI is InChI=1S/C29H27N3O5/c1-36-22-12-10-21(11-13-22)32-27(33)17-26(29(32)35)31(28(34)19-6-5-7-23(16-19)37-2)15-14-20-18-30-25-9-4-3-8-24(20)25/h3-13,16,18,26,30H,14-15,17H2,1-2H3. The van der Waals surface area contributed by atoms with Gasteiger partial charge in [0, 0.05) is 29.2 Å². The first-order valence-corrected chi connectivity index (χ1v) is 12.0. The minimum atomic E-state index is -0.918. The number of para-hydroxylation sites is 1. The van der Waals surface area contributed by atoms with Gasteiger partial charge in [-0.25, -0.2) is 4.90 Å². The van der Waals surface area contributed by atoms with Crippen LogP contribution in [0.5, 0.6) is 11.5 Å². The van der Waals surface area contributed by atoms with Gasteiger partial charge in [0.2, 0.25) is 5.91 Å². The number of hydrogen-bond acceptors (Lipinski definition) is 5. The molecule has 1 N–H and O–H groups in total. The maximum Gasteiger partial charge on any atom is 0.257 e. The zero-order chi connectivity index (χ0) is 25.9. The fourth-order valence-corrected chi connectivity index (χ4v) is 4.76. The number of anilines is 1. The van der Waals surface area contributed by atoms with Gasteiger partial charge < -0.3 is 19.4 Å². The number of H-pyrrole nitrogens is 1. The van der Waals surface area contributed by atoms with E-state index in [0.29, 0.717) is 29.2 Å². The van der Waals surface area contributed by atoms with Crippen LogP contribution in [0.3, 0.4) is 0 Å². The van der Waals surface area contributed by atoms with Gasteiger partial charge in [-0.3, -0.25) is 14.4 Å². The lowest BCUT2D eigenvalue weighted by Crippen LogP contribution is -2.46. The Balaban J connectivity index is 1.46. The lowest BCUT2D eigenvalue weighted by Gasteiger charge is -2.28. The highest BCUT2D eigenvalue weighted by atomic mass is 16.5. The third-order valence-corrected chi connectivity index (χ3v) is 6.70. The van der Waals surface area contributed by atoms with Crippen LogP contribution in [-0.2, 0) is 16.0 Å². The van der Waals surface area contributed by atoms with E-state index in [2.05, 4.69) is 4.98 Å². The Morgan fingerprint density at radius 1 is 0.973 bits per heavy atom. The van der Waals surface area contributed by atoms with Crippen molar-refractivity contribution in [1.29, 1.82) is 0 Å². The molecule has 8 nitrogen and oxygen atoms in total. The Bertz CT molecular complexity index is 1460. The molecule has 1 aromatic heterocycles. The molecule has 4 aromatic rings. The first-order chi connectivity index (χ1) is 18.0. The Labute approximate surface area is 214 Å². The molecule has 1 aliphatic rings. The molecule has 1 atom stereocenters. The van der Waals surface area contributed by atoms with E-state index in [1.165, 1.54) is 12.0 Å². The van der Waals surface area contributed by atoms with Gasteiger partial charge >= 0.3 is 0 Å². The van der Waals surface area contributed by atoms with Crippen LogP contribution < -0.4 is 14.4 Å². The fourth-order valence-electron chi connectivity index (χ4n) is 4.76. The fraction of sp³-hybridized carbons (Fsp3) is 0.207. The van der Waals surface area contributed by atoms with E-state index >= 15 is 0 Å². The second-order valence-electron chi connectivity index (χ2n) is 8.83. The number of benzene rings is 3. The lowest BCUT2D eigenvalue weighted by atomic mass is 10.1. The first-order valence-electron chi connectivity index (χ1n) is 12.0. The molecule has 0 bridgehead atoms. The Hall–Kier alpha value is -4.59. The quantitative estimate of drug-likeness (QED) is 0.369. The van der Waals surface area contributed by atoms with Gasteiger partial charge in [-0.15, -0.1) is 0 Å². The maximum atomic E-state index is 13.8. The summed E-state index contributed by atoms with van der Waals surface area (Å²) < 4.78 is 10.5. The van der Waals surface area contributed by atoms with Crippen molar-refractivity contribution in [2.45, 2.75) is 18.9 Å². The molecule has 37 heavy (non-hydrogen) atoms. The maximum absolute atomic E-state index is 13.8. The third-order valence-electron chi connectivity index (χ3n) is 6.70. The summed E-state index contributed by atoms with van der Waals surface area (Å²) >= 11 is 0. The van der Waals surface area contributed by atoms with Gasteiger partial charge in [0.15, 0.2) is 0 Å². The molecular weight excluding hydrogens is 470 g/mol. The average Bonchev–Trinajstić information content (AvgIpc) is 3.48. The van der Waals surface area contributed by atoms with Crippen LogP contribution >= 0.6 is 0 Å². The van der Waals surface area contributed by atoms with Crippen LogP contribution in [0.25, 0.3) is 10.9 Å². The number of nitrogens with zero attached hydrogens (tertiary/aromatic N) is 2. The van der Waals surface area contributed by atoms with Crippen LogP contribution in [-0.4, -0.2) is 54.4 Å². The summed E-state index contributed by atoms with van der Waals surface area (Å²) in [5, 5.41) is 1.06. The largest absolute Gasteiger partial charge is 0.497 e. The molecule has 1 unspecified atom stereocenters. The van der Waals surface area contributed by atoms with Crippen LogP contribution in [0.15, 0.2) is 79.0 Å². The molecular formula is C29H27N3O5. The van der Waals surface area contributed by atoms with Gasteiger partial charge in [-0.2, -0.15) is 0 Å². The predicted molar refractivity (Wildman–Crippen MR) is 140 cm³/mol. The van der Waals surface area contributed by atoms with Crippen molar-refractivity contribution in [1.82, 2.24) is 9.88 Å². The monoisotopic (exact) mass is 497 g/mol. The van der Waals surface area contributed by atoms with Gasteiger partial charge in [0.05, 0.1) is 26.3 Å². The second-order valence-corrected chi connectivity index (χ2v) is 8.83. The molecule has 3 aromatic carbocycles. The highest BCUT2D eigenvalue weighted by molar-refractivity contribution is 6.23. The molecule has 3 amide bonds. The number of carbonyl (C=O) groups is 3. The summed E-state index contributed by atoms with van der Waals surface area (Å²) in [7, 11) is 3.08. The number of carbonyl (C=O) groups excluding carboxylic acids is 3. The van der Waals surface area contributed by atoms with Crippen molar-refractivity contribution >= 4 is 34.3 Å². The van der Waals surface area contributed by atoms with Crippen molar-refractivity contribution in [3.05, 3.63) is 90.1 Å². The number of fused-ring (bicyclic) bond motifs is 1. The number of imide groups is 1. The number of aromatic nitrogens is 1.